The van der Waals surface area contributed by atoms with Crippen LogP contribution in [0, 0.1) is 24.6 Å². The Labute approximate surface area is 195 Å². The molecule has 1 saturated heterocycles. The van der Waals surface area contributed by atoms with Crippen molar-refractivity contribution in [3.8, 4) is 0 Å². The molecule has 8 heteroatoms. The van der Waals surface area contributed by atoms with Crippen molar-refractivity contribution in [3.63, 3.8) is 0 Å². The zero-order valence-electron chi connectivity index (χ0n) is 19.2. The van der Waals surface area contributed by atoms with Crippen molar-refractivity contribution in [3.05, 3.63) is 47.3 Å². The van der Waals surface area contributed by atoms with Crippen molar-refractivity contribution in [2.75, 3.05) is 18.4 Å². The lowest BCUT2D eigenvalue weighted by atomic mass is 10.0. The van der Waals surface area contributed by atoms with Crippen molar-refractivity contribution in [2.24, 2.45) is 11.8 Å². The zero-order chi connectivity index (χ0) is 23.0. The number of halogens is 1. The van der Waals surface area contributed by atoms with Gasteiger partial charge in [-0.1, -0.05) is 31.4 Å². The molecule has 0 amide bonds. The highest BCUT2D eigenvalue weighted by molar-refractivity contribution is 7.92. The minimum atomic E-state index is -3.38. The SMILES string of the molecule is Cc1cc(CN2C[C@H]3C[C@@H](Nc4ccc(S(=O)(=O)C5CCCCC5)nn4)C[C@H]3C2)ccc1F. The van der Waals surface area contributed by atoms with Crippen LogP contribution in [0.1, 0.15) is 56.1 Å². The molecule has 5 rings (SSSR count). The van der Waals surface area contributed by atoms with E-state index in [0.717, 1.165) is 64.6 Å². The average Bonchev–Trinajstić information content (AvgIpc) is 3.35. The van der Waals surface area contributed by atoms with Crippen LogP contribution >= 0.6 is 0 Å². The Bertz CT molecular complexity index is 1070. The number of sulfone groups is 1. The van der Waals surface area contributed by atoms with Gasteiger partial charge in [-0.3, -0.25) is 4.90 Å². The molecule has 2 aromatic rings. The molecule has 0 radical (unpaired) electrons. The molecule has 1 aliphatic heterocycles. The summed E-state index contributed by atoms with van der Waals surface area (Å²) in [4.78, 5) is 2.48. The van der Waals surface area contributed by atoms with E-state index >= 15 is 0 Å². The lowest BCUT2D eigenvalue weighted by molar-refractivity contribution is 0.301. The molecule has 3 aliphatic rings. The summed E-state index contributed by atoms with van der Waals surface area (Å²) in [5.74, 6) is 1.79. The van der Waals surface area contributed by atoms with Crippen molar-refractivity contribution >= 4 is 15.7 Å². The van der Waals surface area contributed by atoms with E-state index < -0.39 is 9.84 Å². The Hall–Kier alpha value is -2.06. The fourth-order valence-corrected chi connectivity index (χ4v) is 7.72. The molecule has 2 saturated carbocycles. The van der Waals surface area contributed by atoms with Crippen LogP contribution in [0.2, 0.25) is 0 Å². The summed E-state index contributed by atoms with van der Waals surface area (Å²) in [6.07, 6.45) is 6.68. The smallest absolute Gasteiger partial charge is 0.200 e. The van der Waals surface area contributed by atoms with E-state index in [1.165, 1.54) is 5.56 Å². The number of fused-ring (bicyclic) bond motifs is 1. The number of nitrogens with one attached hydrogen (secondary N) is 1. The number of benzene rings is 1. The first-order valence-electron chi connectivity index (χ1n) is 12.2. The molecule has 0 spiro atoms. The topological polar surface area (TPSA) is 75.2 Å². The van der Waals surface area contributed by atoms with Crippen LogP contribution in [-0.2, 0) is 16.4 Å². The molecular weight excluding hydrogens is 439 g/mol. The van der Waals surface area contributed by atoms with Gasteiger partial charge in [0.05, 0.1) is 5.25 Å². The molecule has 1 aromatic heterocycles. The summed E-state index contributed by atoms with van der Waals surface area (Å²) in [5.41, 5.74) is 1.87. The number of likely N-dealkylation sites (tertiary alicyclic amines) is 1. The second kappa shape index (κ2) is 9.29. The average molecular weight is 473 g/mol. The number of hydrogen-bond donors (Lipinski definition) is 1. The summed E-state index contributed by atoms with van der Waals surface area (Å²) in [6.45, 7) is 4.80. The Balaban J connectivity index is 1.14. The van der Waals surface area contributed by atoms with Crippen LogP contribution in [0.15, 0.2) is 35.4 Å². The number of aromatic nitrogens is 2. The maximum absolute atomic E-state index is 13.5. The molecule has 6 nitrogen and oxygen atoms in total. The van der Waals surface area contributed by atoms with Gasteiger partial charge in [-0.15, -0.1) is 10.2 Å². The molecule has 1 N–H and O–H groups in total. The van der Waals surface area contributed by atoms with Crippen LogP contribution in [0.3, 0.4) is 0 Å². The number of hydrogen-bond acceptors (Lipinski definition) is 6. The third-order valence-corrected chi connectivity index (χ3v) is 9.88. The van der Waals surface area contributed by atoms with E-state index in [0.29, 0.717) is 29.3 Å². The second-order valence-electron chi connectivity index (χ2n) is 10.2. The maximum Gasteiger partial charge on any atom is 0.200 e. The molecule has 0 unspecified atom stereocenters. The lowest BCUT2D eigenvalue weighted by Crippen LogP contribution is -2.26. The van der Waals surface area contributed by atoms with Crippen LogP contribution in [0.4, 0.5) is 10.2 Å². The predicted octanol–water partition coefficient (Wildman–Crippen LogP) is 4.35. The molecule has 3 atom stereocenters. The van der Waals surface area contributed by atoms with Gasteiger partial charge in [0.2, 0.25) is 0 Å². The minimum absolute atomic E-state index is 0.106. The Kier molecular flexibility index (Phi) is 6.40. The zero-order valence-corrected chi connectivity index (χ0v) is 20.0. The van der Waals surface area contributed by atoms with Crippen LogP contribution in [0.25, 0.3) is 0 Å². The highest BCUT2D eigenvalue weighted by atomic mass is 32.2. The van der Waals surface area contributed by atoms with Crippen molar-refractivity contribution < 1.29 is 12.8 Å². The quantitative estimate of drug-likeness (QED) is 0.674. The summed E-state index contributed by atoms with van der Waals surface area (Å²) in [7, 11) is -3.38. The normalized spacial score (nSPS) is 26.4. The first-order valence-corrected chi connectivity index (χ1v) is 13.7. The Morgan fingerprint density at radius 2 is 1.76 bits per heavy atom. The summed E-state index contributed by atoms with van der Waals surface area (Å²) < 4.78 is 39.2. The van der Waals surface area contributed by atoms with E-state index in [1.54, 1.807) is 18.2 Å². The molecule has 1 aromatic carbocycles. The van der Waals surface area contributed by atoms with Gasteiger partial charge in [0.1, 0.15) is 11.6 Å². The van der Waals surface area contributed by atoms with Gasteiger partial charge in [0.25, 0.3) is 0 Å². The van der Waals surface area contributed by atoms with Crippen LogP contribution < -0.4 is 5.32 Å². The van der Waals surface area contributed by atoms with E-state index in [4.69, 9.17) is 0 Å². The summed E-state index contributed by atoms with van der Waals surface area (Å²) in [5, 5.41) is 11.6. The van der Waals surface area contributed by atoms with Gasteiger partial charge in [-0.25, -0.2) is 12.8 Å². The Morgan fingerprint density at radius 1 is 1.03 bits per heavy atom. The molecule has 2 heterocycles. The van der Waals surface area contributed by atoms with Crippen LogP contribution in [-0.4, -0.2) is 47.9 Å². The monoisotopic (exact) mass is 472 g/mol. The lowest BCUT2D eigenvalue weighted by Gasteiger charge is -2.21. The third-order valence-electron chi connectivity index (χ3n) is 7.73. The maximum atomic E-state index is 13.5. The highest BCUT2D eigenvalue weighted by Gasteiger charge is 2.41. The van der Waals surface area contributed by atoms with Crippen LogP contribution in [0.5, 0.6) is 0 Å². The number of aryl methyl sites for hydroxylation is 1. The predicted molar refractivity (Wildman–Crippen MR) is 126 cm³/mol. The van der Waals surface area contributed by atoms with Gasteiger partial charge in [-0.2, -0.15) is 0 Å². The Morgan fingerprint density at radius 3 is 2.39 bits per heavy atom. The fraction of sp³-hybridized carbons (Fsp3) is 0.600. The van der Waals surface area contributed by atoms with Crippen molar-refractivity contribution in [1.82, 2.24) is 15.1 Å². The van der Waals surface area contributed by atoms with E-state index in [9.17, 15) is 12.8 Å². The first kappa shape index (κ1) is 22.7. The third kappa shape index (κ3) is 4.92. The number of nitrogens with zero attached hydrogens (tertiary/aromatic N) is 3. The number of rotatable bonds is 6. The highest BCUT2D eigenvalue weighted by Crippen LogP contribution is 2.39. The second-order valence-corrected chi connectivity index (χ2v) is 12.3. The van der Waals surface area contributed by atoms with Gasteiger partial charge in [0.15, 0.2) is 14.9 Å². The molecule has 0 bridgehead atoms. The van der Waals surface area contributed by atoms with Gasteiger partial charge in [0, 0.05) is 25.7 Å². The molecule has 178 valence electrons. The summed E-state index contributed by atoms with van der Waals surface area (Å²) in [6, 6.07) is 9.11. The molecular formula is C25H33FN4O2S. The number of anilines is 1. The molecule has 3 fully saturated rings. The van der Waals surface area contributed by atoms with Gasteiger partial charge < -0.3 is 5.32 Å². The van der Waals surface area contributed by atoms with E-state index in [2.05, 4.69) is 20.4 Å². The minimum Gasteiger partial charge on any atom is -0.366 e. The first-order chi connectivity index (χ1) is 15.9. The molecule has 33 heavy (non-hydrogen) atoms. The van der Waals surface area contributed by atoms with Gasteiger partial charge >= 0.3 is 0 Å². The standard InChI is InChI=1S/C25H33FN4O2S/c1-17-11-18(7-8-23(17)26)14-30-15-19-12-21(13-20(19)16-30)27-24-9-10-25(29-28-24)33(31,32)22-5-3-2-4-6-22/h7-11,19-22H,2-6,12-16H2,1H3,(H,27,28)/t19-,20+,21-. The van der Waals surface area contributed by atoms with Gasteiger partial charge in [-0.05, 0) is 73.8 Å². The molecule has 2 aliphatic carbocycles. The van der Waals surface area contributed by atoms with E-state index in [-0.39, 0.29) is 16.1 Å². The fourth-order valence-electron chi connectivity index (χ4n) is 6.01. The van der Waals surface area contributed by atoms with E-state index in [1.807, 2.05) is 19.1 Å². The van der Waals surface area contributed by atoms with Crippen molar-refractivity contribution in [1.29, 1.82) is 0 Å². The summed E-state index contributed by atoms with van der Waals surface area (Å²) >= 11 is 0. The van der Waals surface area contributed by atoms with Crippen molar-refractivity contribution in [2.45, 2.75) is 74.7 Å². The largest absolute Gasteiger partial charge is 0.366 e.